The van der Waals surface area contributed by atoms with E-state index in [9.17, 15) is 10.1 Å². The maximum atomic E-state index is 10.6. The largest absolute Gasteiger partial charge is 0.306 e. The quantitative estimate of drug-likeness (QED) is 0.509. The molecule has 0 amide bonds. The van der Waals surface area contributed by atoms with Crippen LogP contribution >= 0.6 is 0 Å². The van der Waals surface area contributed by atoms with E-state index in [2.05, 4.69) is 16.9 Å². The number of hydrogen-bond donors (Lipinski definition) is 0. The summed E-state index contributed by atoms with van der Waals surface area (Å²) < 4.78 is 0. The highest BCUT2D eigenvalue weighted by molar-refractivity contribution is 5.35. The second-order valence-electron chi connectivity index (χ2n) is 3.86. The van der Waals surface area contributed by atoms with Crippen LogP contribution in [0.1, 0.15) is 11.3 Å². The Morgan fingerprint density at radius 1 is 1.47 bits per heavy atom. The number of rotatable bonds is 1. The van der Waals surface area contributed by atoms with E-state index in [4.69, 9.17) is 0 Å². The van der Waals surface area contributed by atoms with Crippen molar-refractivity contribution in [3.8, 4) is 0 Å². The smallest absolute Gasteiger partial charge is 0.287 e. The molecule has 5 nitrogen and oxygen atoms in total. The lowest BCUT2D eigenvalue weighted by molar-refractivity contribution is -0.385. The average Bonchev–Trinajstić information content (AvgIpc) is 2.40. The van der Waals surface area contributed by atoms with E-state index in [0.717, 1.165) is 37.2 Å². The van der Waals surface area contributed by atoms with Gasteiger partial charge in [-0.15, -0.1) is 0 Å². The van der Waals surface area contributed by atoms with Gasteiger partial charge in [-0.2, -0.15) is 0 Å². The van der Waals surface area contributed by atoms with Gasteiger partial charge in [0.25, 0.3) is 5.69 Å². The minimum absolute atomic E-state index is 0.0957. The Kier molecular flexibility index (Phi) is 2.64. The third-order valence-corrected chi connectivity index (χ3v) is 2.75. The van der Waals surface area contributed by atoms with Gasteiger partial charge < -0.3 is 4.90 Å². The van der Waals surface area contributed by atoms with Gasteiger partial charge in [-0.1, -0.05) is 0 Å². The predicted octanol–water partition coefficient (Wildman–Crippen LogP) is 1.02. The number of hydrogen-bond acceptors (Lipinski definition) is 4. The lowest BCUT2D eigenvalue weighted by atomic mass is 10.1. The molecule has 1 aliphatic heterocycles. The predicted molar refractivity (Wildman–Crippen MR) is 55.8 cm³/mol. The second kappa shape index (κ2) is 3.94. The Morgan fingerprint density at radius 2 is 2.20 bits per heavy atom. The molecule has 0 bridgehead atoms. The molecule has 80 valence electrons. The topological polar surface area (TPSA) is 59.3 Å². The van der Waals surface area contributed by atoms with E-state index < -0.39 is 0 Å². The highest BCUT2D eigenvalue weighted by Crippen LogP contribution is 2.18. The third kappa shape index (κ3) is 2.12. The number of aromatic nitrogens is 1. The maximum absolute atomic E-state index is 10.6. The van der Waals surface area contributed by atoms with E-state index >= 15 is 0 Å². The van der Waals surface area contributed by atoms with Crippen molar-refractivity contribution in [2.75, 3.05) is 20.1 Å². The fourth-order valence-corrected chi connectivity index (χ4v) is 1.79. The van der Waals surface area contributed by atoms with Crippen molar-refractivity contribution in [3.05, 3.63) is 33.6 Å². The molecule has 0 aromatic carbocycles. The summed E-state index contributed by atoms with van der Waals surface area (Å²) in [6, 6.07) is 1.65. The van der Waals surface area contributed by atoms with Gasteiger partial charge in [0.2, 0.25) is 0 Å². The van der Waals surface area contributed by atoms with Gasteiger partial charge in [-0.25, -0.2) is 0 Å². The standard InChI is InChI=1S/C10H13N3O2/c1-12-4-2-8-6-9(13(14)15)7-11-10(8)3-5-12/h6-7H,2-5H2,1H3. The SMILES string of the molecule is CN1CCc2cc([N+](=O)[O-])cnc2CC1. The zero-order valence-corrected chi connectivity index (χ0v) is 8.64. The molecule has 1 aliphatic rings. The van der Waals surface area contributed by atoms with Gasteiger partial charge in [-0.05, 0) is 19.0 Å². The number of nitrogens with zero attached hydrogens (tertiary/aromatic N) is 3. The maximum Gasteiger partial charge on any atom is 0.287 e. The zero-order chi connectivity index (χ0) is 10.8. The van der Waals surface area contributed by atoms with Crippen molar-refractivity contribution in [2.24, 2.45) is 0 Å². The molecule has 0 fully saturated rings. The molecule has 2 rings (SSSR count). The third-order valence-electron chi connectivity index (χ3n) is 2.75. The van der Waals surface area contributed by atoms with E-state index in [1.807, 2.05) is 0 Å². The number of fused-ring (bicyclic) bond motifs is 1. The fraction of sp³-hybridized carbons (Fsp3) is 0.500. The summed E-state index contributed by atoms with van der Waals surface area (Å²) in [5, 5.41) is 10.6. The second-order valence-corrected chi connectivity index (χ2v) is 3.86. The Bertz CT molecular complexity index is 392. The van der Waals surface area contributed by atoms with Crippen molar-refractivity contribution < 1.29 is 4.92 Å². The molecular weight excluding hydrogens is 194 g/mol. The van der Waals surface area contributed by atoms with Gasteiger partial charge in [0.1, 0.15) is 6.20 Å². The van der Waals surface area contributed by atoms with Crippen LogP contribution in [-0.4, -0.2) is 34.9 Å². The van der Waals surface area contributed by atoms with Crippen LogP contribution in [0, 0.1) is 10.1 Å². The molecule has 0 radical (unpaired) electrons. The Balaban J connectivity index is 2.32. The first-order valence-corrected chi connectivity index (χ1v) is 4.97. The minimum atomic E-state index is -0.387. The van der Waals surface area contributed by atoms with Gasteiger partial charge in [0.05, 0.1) is 4.92 Å². The number of pyridine rings is 1. The minimum Gasteiger partial charge on any atom is -0.306 e. The Morgan fingerprint density at radius 3 is 2.93 bits per heavy atom. The summed E-state index contributed by atoms with van der Waals surface area (Å²) in [6.07, 6.45) is 3.08. The van der Waals surface area contributed by atoms with Gasteiger partial charge in [0, 0.05) is 31.3 Å². The van der Waals surface area contributed by atoms with Crippen LogP contribution in [0.3, 0.4) is 0 Å². The molecule has 0 unspecified atom stereocenters. The summed E-state index contributed by atoms with van der Waals surface area (Å²) in [6.45, 7) is 1.91. The van der Waals surface area contributed by atoms with E-state index in [0.29, 0.717) is 0 Å². The lowest BCUT2D eigenvalue weighted by Crippen LogP contribution is -2.20. The molecule has 1 aromatic heterocycles. The normalized spacial score (nSPS) is 16.9. The molecule has 0 saturated heterocycles. The van der Waals surface area contributed by atoms with E-state index in [1.54, 1.807) is 6.07 Å². The summed E-state index contributed by atoms with van der Waals surface area (Å²) in [7, 11) is 2.06. The molecule has 15 heavy (non-hydrogen) atoms. The van der Waals surface area contributed by atoms with Crippen LogP contribution in [0.25, 0.3) is 0 Å². The Hall–Kier alpha value is -1.49. The zero-order valence-electron chi connectivity index (χ0n) is 8.64. The highest BCUT2D eigenvalue weighted by Gasteiger charge is 2.15. The number of nitro groups is 1. The van der Waals surface area contributed by atoms with Crippen LogP contribution in [0.4, 0.5) is 5.69 Å². The molecule has 2 heterocycles. The van der Waals surface area contributed by atoms with E-state index in [1.165, 1.54) is 6.20 Å². The average molecular weight is 207 g/mol. The first-order chi connectivity index (χ1) is 7.16. The first kappa shape index (κ1) is 10.0. The van der Waals surface area contributed by atoms with Crippen LogP contribution in [-0.2, 0) is 12.8 Å². The molecule has 0 spiro atoms. The van der Waals surface area contributed by atoms with Crippen LogP contribution in [0.5, 0.6) is 0 Å². The van der Waals surface area contributed by atoms with E-state index in [-0.39, 0.29) is 10.6 Å². The summed E-state index contributed by atoms with van der Waals surface area (Å²) in [5.74, 6) is 0. The van der Waals surface area contributed by atoms with Crippen molar-refractivity contribution in [3.63, 3.8) is 0 Å². The molecule has 0 saturated carbocycles. The van der Waals surface area contributed by atoms with Gasteiger partial charge in [-0.3, -0.25) is 15.1 Å². The summed E-state index contributed by atoms with van der Waals surface area (Å²) >= 11 is 0. The summed E-state index contributed by atoms with van der Waals surface area (Å²) in [5.41, 5.74) is 2.12. The fourth-order valence-electron chi connectivity index (χ4n) is 1.79. The molecule has 5 heteroatoms. The van der Waals surface area contributed by atoms with Gasteiger partial charge >= 0.3 is 0 Å². The molecule has 0 aliphatic carbocycles. The van der Waals surface area contributed by atoms with Crippen LogP contribution in [0.15, 0.2) is 12.3 Å². The Labute approximate surface area is 87.9 Å². The highest BCUT2D eigenvalue weighted by atomic mass is 16.6. The lowest BCUT2D eigenvalue weighted by Gasteiger charge is -2.10. The molecular formula is C10H13N3O2. The molecule has 0 atom stereocenters. The molecule has 0 N–H and O–H groups in total. The van der Waals surface area contributed by atoms with Crippen molar-refractivity contribution in [2.45, 2.75) is 12.8 Å². The van der Waals surface area contributed by atoms with Crippen LogP contribution < -0.4 is 0 Å². The number of likely N-dealkylation sites (N-methyl/N-ethyl adjacent to an activating group) is 1. The van der Waals surface area contributed by atoms with Crippen LogP contribution in [0.2, 0.25) is 0 Å². The molecule has 1 aromatic rings. The first-order valence-electron chi connectivity index (χ1n) is 4.97. The summed E-state index contributed by atoms with van der Waals surface area (Å²) in [4.78, 5) is 16.6. The van der Waals surface area contributed by atoms with Crippen molar-refractivity contribution >= 4 is 5.69 Å². The monoisotopic (exact) mass is 207 g/mol. The van der Waals surface area contributed by atoms with Gasteiger partial charge in [0.15, 0.2) is 0 Å². The van der Waals surface area contributed by atoms with Crippen molar-refractivity contribution in [1.82, 2.24) is 9.88 Å². The van der Waals surface area contributed by atoms with Crippen molar-refractivity contribution in [1.29, 1.82) is 0 Å².